The molecule has 210 valence electrons. The third-order valence-corrected chi connectivity index (χ3v) is 6.91. The minimum atomic E-state index is -0.878. The van der Waals surface area contributed by atoms with Gasteiger partial charge in [-0.25, -0.2) is 0 Å². The standard InChI is InChI=1S/C31H29BrN4O5/c1-35(25-12-14-26(41-2)15-13-25)31(40)27(18-21-6-4-3-5-7-21)34-28(37)20-36-17-16-24(19-29(36)38)33-30(39)22-8-10-23(32)11-9-22/h3-17,19,27H,18,20H2,1-2H3,(H,33,39)(H,34,37)/t27-/m0/s1. The summed E-state index contributed by atoms with van der Waals surface area (Å²) in [6.45, 7) is -0.301. The number of carbonyl (C=O) groups excluding carboxylic acids is 3. The van der Waals surface area contributed by atoms with Gasteiger partial charge < -0.3 is 24.8 Å². The van der Waals surface area contributed by atoms with Crippen molar-refractivity contribution in [3.8, 4) is 5.75 Å². The number of methoxy groups -OCH3 is 1. The minimum Gasteiger partial charge on any atom is -0.497 e. The van der Waals surface area contributed by atoms with Gasteiger partial charge in [0, 0.05) is 47.1 Å². The van der Waals surface area contributed by atoms with Crippen molar-refractivity contribution < 1.29 is 19.1 Å². The molecular weight excluding hydrogens is 588 g/mol. The number of benzene rings is 3. The Hall–Kier alpha value is -4.70. The molecular formula is C31H29BrN4O5. The van der Waals surface area contributed by atoms with Gasteiger partial charge >= 0.3 is 0 Å². The zero-order valence-corrected chi connectivity index (χ0v) is 24.1. The number of hydrogen-bond acceptors (Lipinski definition) is 5. The van der Waals surface area contributed by atoms with Crippen LogP contribution in [0.4, 0.5) is 11.4 Å². The van der Waals surface area contributed by atoms with Crippen LogP contribution in [0, 0.1) is 0 Å². The fourth-order valence-electron chi connectivity index (χ4n) is 4.13. The summed E-state index contributed by atoms with van der Waals surface area (Å²) in [4.78, 5) is 53.3. The van der Waals surface area contributed by atoms with Gasteiger partial charge in [-0.2, -0.15) is 0 Å². The van der Waals surface area contributed by atoms with Crippen LogP contribution in [0.1, 0.15) is 15.9 Å². The Balaban J connectivity index is 1.45. The molecule has 1 aromatic heterocycles. The number of aromatic nitrogens is 1. The molecule has 0 saturated carbocycles. The summed E-state index contributed by atoms with van der Waals surface area (Å²) in [6.07, 6.45) is 1.69. The highest BCUT2D eigenvalue weighted by molar-refractivity contribution is 9.10. The Bertz CT molecular complexity index is 1570. The lowest BCUT2D eigenvalue weighted by atomic mass is 10.0. The molecule has 0 unspecified atom stereocenters. The summed E-state index contributed by atoms with van der Waals surface area (Å²) in [5, 5.41) is 5.48. The van der Waals surface area contributed by atoms with Crippen LogP contribution in [0.3, 0.4) is 0 Å². The van der Waals surface area contributed by atoms with Gasteiger partial charge in [-0.05, 0) is 60.2 Å². The highest BCUT2D eigenvalue weighted by Gasteiger charge is 2.25. The van der Waals surface area contributed by atoms with Crippen LogP contribution >= 0.6 is 15.9 Å². The maximum Gasteiger partial charge on any atom is 0.255 e. The van der Waals surface area contributed by atoms with Gasteiger partial charge in [0.25, 0.3) is 11.5 Å². The molecule has 0 saturated heterocycles. The number of hydrogen-bond donors (Lipinski definition) is 2. The Kier molecular flexibility index (Phi) is 9.70. The van der Waals surface area contributed by atoms with Crippen LogP contribution in [0.5, 0.6) is 5.75 Å². The third-order valence-electron chi connectivity index (χ3n) is 6.38. The molecule has 1 atom stereocenters. The highest BCUT2D eigenvalue weighted by atomic mass is 79.9. The van der Waals surface area contributed by atoms with Gasteiger partial charge in [-0.15, -0.1) is 0 Å². The van der Waals surface area contributed by atoms with E-state index in [2.05, 4.69) is 26.6 Å². The summed E-state index contributed by atoms with van der Waals surface area (Å²) in [5.74, 6) is -0.523. The molecule has 4 rings (SSSR count). The monoisotopic (exact) mass is 616 g/mol. The number of pyridine rings is 1. The van der Waals surface area contributed by atoms with Crippen molar-refractivity contribution in [3.05, 3.63) is 123 Å². The summed E-state index contributed by atoms with van der Waals surface area (Å²) in [6, 6.07) is 25.1. The lowest BCUT2D eigenvalue weighted by Gasteiger charge is -2.25. The Morgan fingerprint density at radius 2 is 1.63 bits per heavy atom. The molecule has 0 radical (unpaired) electrons. The molecule has 0 aliphatic heterocycles. The number of anilines is 2. The van der Waals surface area contributed by atoms with E-state index in [0.29, 0.717) is 22.7 Å². The first-order valence-electron chi connectivity index (χ1n) is 12.8. The van der Waals surface area contributed by atoms with E-state index in [-0.39, 0.29) is 24.8 Å². The second-order valence-corrected chi connectivity index (χ2v) is 10.2. The molecule has 41 heavy (non-hydrogen) atoms. The minimum absolute atomic E-state index is 0.266. The van der Waals surface area contributed by atoms with Crippen molar-refractivity contribution in [2.24, 2.45) is 0 Å². The zero-order valence-electron chi connectivity index (χ0n) is 22.5. The van der Waals surface area contributed by atoms with Crippen LogP contribution in [0.15, 0.2) is 106 Å². The van der Waals surface area contributed by atoms with E-state index in [0.717, 1.165) is 10.0 Å². The van der Waals surface area contributed by atoms with Crippen molar-refractivity contribution in [3.63, 3.8) is 0 Å². The Morgan fingerprint density at radius 3 is 2.27 bits per heavy atom. The van der Waals surface area contributed by atoms with Crippen molar-refractivity contribution >= 4 is 45.0 Å². The number of ether oxygens (including phenoxy) is 1. The number of carbonyl (C=O) groups is 3. The van der Waals surface area contributed by atoms with Crippen LogP contribution in [0.2, 0.25) is 0 Å². The van der Waals surface area contributed by atoms with Crippen LogP contribution in [0.25, 0.3) is 0 Å². The summed E-state index contributed by atoms with van der Waals surface area (Å²) >= 11 is 3.33. The van der Waals surface area contributed by atoms with Crippen molar-refractivity contribution in [1.29, 1.82) is 0 Å². The predicted octanol–water partition coefficient (Wildman–Crippen LogP) is 4.26. The summed E-state index contributed by atoms with van der Waals surface area (Å²) in [5.41, 5.74) is 1.77. The SMILES string of the molecule is COc1ccc(N(C)C(=O)[C@H](Cc2ccccc2)NC(=O)Cn2ccc(NC(=O)c3ccc(Br)cc3)cc2=O)cc1. The molecule has 0 spiro atoms. The summed E-state index contributed by atoms with van der Waals surface area (Å²) in [7, 11) is 3.20. The molecule has 0 aliphatic rings. The van der Waals surface area contributed by atoms with E-state index in [4.69, 9.17) is 4.74 Å². The second kappa shape index (κ2) is 13.6. The largest absolute Gasteiger partial charge is 0.497 e. The van der Waals surface area contributed by atoms with Gasteiger partial charge in [-0.1, -0.05) is 46.3 Å². The van der Waals surface area contributed by atoms with E-state index in [9.17, 15) is 19.2 Å². The third kappa shape index (κ3) is 7.92. The fraction of sp³-hybridized carbons (Fsp3) is 0.161. The van der Waals surface area contributed by atoms with E-state index >= 15 is 0 Å². The Morgan fingerprint density at radius 1 is 0.951 bits per heavy atom. The molecule has 3 amide bonds. The van der Waals surface area contributed by atoms with E-state index < -0.39 is 17.5 Å². The first-order valence-corrected chi connectivity index (χ1v) is 13.5. The van der Waals surface area contributed by atoms with E-state index in [1.54, 1.807) is 62.7 Å². The topological polar surface area (TPSA) is 110 Å². The average Bonchev–Trinajstić information content (AvgIpc) is 2.98. The summed E-state index contributed by atoms with van der Waals surface area (Å²) < 4.78 is 7.25. The molecule has 0 bridgehead atoms. The number of halogens is 1. The number of rotatable bonds is 10. The number of amides is 3. The lowest BCUT2D eigenvalue weighted by molar-refractivity contribution is -0.127. The van der Waals surface area contributed by atoms with E-state index in [1.165, 1.54) is 27.8 Å². The maximum absolute atomic E-state index is 13.5. The van der Waals surface area contributed by atoms with Gasteiger partial charge in [0.1, 0.15) is 18.3 Å². The maximum atomic E-state index is 13.5. The van der Waals surface area contributed by atoms with Gasteiger partial charge in [0.05, 0.1) is 7.11 Å². The van der Waals surface area contributed by atoms with Crippen LogP contribution in [-0.4, -0.2) is 42.5 Å². The number of nitrogens with zero attached hydrogens (tertiary/aromatic N) is 2. The lowest BCUT2D eigenvalue weighted by Crippen LogP contribution is -2.50. The molecule has 0 fully saturated rings. The molecule has 10 heteroatoms. The Labute approximate surface area is 245 Å². The first-order chi connectivity index (χ1) is 19.7. The smallest absolute Gasteiger partial charge is 0.255 e. The average molecular weight is 618 g/mol. The molecule has 4 aromatic rings. The predicted molar refractivity (Wildman–Crippen MR) is 161 cm³/mol. The van der Waals surface area contributed by atoms with Gasteiger partial charge in [0.2, 0.25) is 11.8 Å². The number of nitrogens with one attached hydrogen (secondary N) is 2. The van der Waals surface area contributed by atoms with Gasteiger partial charge in [0.15, 0.2) is 0 Å². The quantitative estimate of drug-likeness (QED) is 0.277. The highest BCUT2D eigenvalue weighted by Crippen LogP contribution is 2.19. The molecule has 9 nitrogen and oxygen atoms in total. The van der Waals surface area contributed by atoms with Crippen molar-refractivity contribution in [2.45, 2.75) is 19.0 Å². The molecule has 1 heterocycles. The molecule has 2 N–H and O–H groups in total. The fourth-order valence-corrected chi connectivity index (χ4v) is 4.40. The van der Waals surface area contributed by atoms with Crippen molar-refractivity contribution in [2.75, 3.05) is 24.4 Å². The molecule has 3 aromatic carbocycles. The van der Waals surface area contributed by atoms with Crippen LogP contribution < -0.4 is 25.8 Å². The van der Waals surface area contributed by atoms with Crippen LogP contribution in [-0.2, 0) is 22.6 Å². The van der Waals surface area contributed by atoms with Gasteiger partial charge in [-0.3, -0.25) is 19.2 Å². The first kappa shape index (κ1) is 29.3. The zero-order chi connectivity index (χ0) is 29.4. The number of likely N-dealkylation sites (N-methyl/N-ethyl adjacent to an activating group) is 1. The van der Waals surface area contributed by atoms with E-state index in [1.807, 2.05) is 30.3 Å². The second-order valence-electron chi connectivity index (χ2n) is 9.25. The molecule has 0 aliphatic carbocycles. The normalized spacial score (nSPS) is 11.3. The van der Waals surface area contributed by atoms with Crippen molar-refractivity contribution in [1.82, 2.24) is 9.88 Å².